The first-order valence-corrected chi connectivity index (χ1v) is 6.23. The van der Waals surface area contributed by atoms with E-state index in [1.807, 2.05) is 0 Å². The van der Waals surface area contributed by atoms with Crippen LogP contribution >= 0.6 is 0 Å². The van der Waals surface area contributed by atoms with Crippen molar-refractivity contribution in [2.75, 3.05) is 11.9 Å². The number of rotatable bonds is 2. The maximum atomic E-state index is 13.3. The zero-order chi connectivity index (χ0) is 15.2. The Morgan fingerprint density at radius 3 is 2.90 bits per heavy atom. The number of anilines is 1. The molecule has 0 bridgehead atoms. The molecule has 106 valence electrons. The van der Waals surface area contributed by atoms with Gasteiger partial charge in [-0.2, -0.15) is 0 Å². The van der Waals surface area contributed by atoms with Gasteiger partial charge in [0.2, 0.25) is 0 Å². The van der Waals surface area contributed by atoms with Gasteiger partial charge in [0.25, 0.3) is 5.91 Å². The van der Waals surface area contributed by atoms with Gasteiger partial charge in [0.1, 0.15) is 18.2 Å². The Balaban J connectivity index is 2.19. The van der Waals surface area contributed by atoms with E-state index >= 15 is 0 Å². The van der Waals surface area contributed by atoms with Gasteiger partial charge in [-0.05, 0) is 42.8 Å². The van der Waals surface area contributed by atoms with Crippen LogP contribution in [0.2, 0.25) is 0 Å². The van der Waals surface area contributed by atoms with Crippen LogP contribution in [0.4, 0.5) is 10.2 Å². The average molecular weight is 284 g/mol. The van der Waals surface area contributed by atoms with Gasteiger partial charge in [0.05, 0.1) is 0 Å². The van der Waals surface area contributed by atoms with Crippen LogP contribution in [-0.2, 0) is 0 Å². The molecule has 2 aromatic rings. The molecule has 0 atom stereocenters. The topological polar surface area (TPSA) is 62.2 Å². The molecule has 0 saturated carbocycles. The van der Waals surface area contributed by atoms with Crippen molar-refractivity contribution >= 4 is 11.7 Å². The first kappa shape index (κ1) is 14.7. The number of nitrogens with one attached hydrogen (secondary N) is 1. The predicted molar refractivity (Wildman–Crippen MR) is 77.3 cm³/mol. The molecule has 0 saturated heterocycles. The van der Waals surface area contributed by atoms with Crippen LogP contribution < -0.4 is 5.32 Å². The van der Waals surface area contributed by atoms with Crippen molar-refractivity contribution in [2.24, 2.45) is 0 Å². The lowest BCUT2D eigenvalue weighted by Gasteiger charge is -2.06. The highest BCUT2D eigenvalue weighted by molar-refractivity contribution is 6.03. The van der Waals surface area contributed by atoms with Crippen LogP contribution in [0, 0.1) is 24.6 Å². The van der Waals surface area contributed by atoms with Crippen LogP contribution in [0.5, 0.6) is 0 Å². The molecule has 0 unspecified atom stereocenters. The van der Waals surface area contributed by atoms with Gasteiger partial charge >= 0.3 is 0 Å². The first-order valence-electron chi connectivity index (χ1n) is 6.23. The van der Waals surface area contributed by atoms with Gasteiger partial charge in [-0.15, -0.1) is 0 Å². The monoisotopic (exact) mass is 284 g/mol. The minimum Gasteiger partial charge on any atom is -0.384 e. The number of carbonyl (C=O) groups is 1. The lowest BCUT2D eigenvalue weighted by atomic mass is 10.1. The summed E-state index contributed by atoms with van der Waals surface area (Å²) in [4.78, 5) is 16.1. The molecular weight excluding hydrogens is 271 g/mol. The first-order chi connectivity index (χ1) is 10.1. The Bertz CT molecular complexity index is 712. The number of aryl methyl sites for hydroxylation is 1. The van der Waals surface area contributed by atoms with E-state index in [1.165, 1.54) is 12.3 Å². The largest absolute Gasteiger partial charge is 0.384 e. The third-order valence-electron chi connectivity index (χ3n) is 2.62. The number of aliphatic hydroxyl groups is 1. The Morgan fingerprint density at radius 1 is 1.38 bits per heavy atom. The fourth-order valence-corrected chi connectivity index (χ4v) is 1.77. The minimum atomic E-state index is -0.462. The lowest BCUT2D eigenvalue weighted by Crippen LogP contribution is -2.13. The van der Waals surface area contributed by atoms with E-state index in [0.717, 1.165) is 6.07 Å². The molecule has 2 N–H and O–H groups in total. The zero-order valence-corrected chi connectivity index (χ0v) is 11.4. The molecule has 0 aliphatic carbocycles. The molecule has 0 spiro atoms. The van der Waals surface area contributed by atoms with Gasteiger partial charge in [-0.3, -0.25) is 4.79 Å². The smallest absolute Gasteiger partial charge is 0.256 e. The van der Waals surface area contributed by atoms with E-state index < -0.39 is 11.7 Å². The minimum absolute atomic E-state index is 0.223. The summed E-state index contributed by atoms with van der Waals surface area (Å²) in [6, 6.07) is 7.34. The van der Waals surface area contributed by atoms with Crippen molar-refractivity contribution in [3.8, 4) is 11.8 Å². The Hall–Kier alpha value is -2.71. The average Bonchev–Trinajstić information content (AvgIpc) is 2.44. The second-order valence-electron chi connectivity index (χ2n) is 4.36. The number of amides is 1. The maximum Gasteiger partial charge on any atom is 0.256 e. The molecule has 1 heterocycles. The van der Waals surface area contributed by atoms with Gasteiger partial charge in [-0.25, -0.2) is 9.37 Å². The fourth-order valence-electron chi connectivity index (χ4n) is 1.77. The quantitative estimate of drug-likeness (QED) is 0.830. The summed E-state index contributed by atoms with van der Waals surface area (Å²) >= 11 is 0. The number of aliphatic hydroxyl groups excluding tert-OH is 1. The maximum absolute atomic E-state index is 13.3. The zero-order valence-electron chi connectivity index (χ0n) is 11.4. The van der Waals surface area contributed by atoms with E-state index in [2.05, 4.69) is 22.1 Å². The van der Waals surface area contributed by atoms with Crippen LogP contribution in [-0.4, -0.2) is 22.6 Å². The summed E-state index contributed by atoms with van der Waals surface area (Å²) in [5.41, 5.74) is 1.50. The Kier molecular flexibility index (Phi) is 4.64. The van der Waals surface area contributed by atoms with E-state index in [-0.39, 0.29) is 12.2 Å². The molecule has 4 nitrogen and oxygen atoms in total. The van der Waals surface area contributed by atoms with Crippen LogP contribution in [0.15, 0.2) is 36.5 Å². The third kappa shape index (κ3) is 4.13. The second-order valence-corrected chi connectivity index (χ2v) is 4.36. The molecule has 0 radical (unpaired) electrons. The highest BCUT2D eigenvalue weighted by Crippen LogP contribution is 2.12. The number of carbonyl (C=O) groups excluding carboxylic acids is 1. The van der Waals surface area contributed by atoms with E-state index in [4.69, 9.17) is 5.11 Å². The number of benzene rings is 1. The number of halogens is 1. The number of nitrogens with zero attached hydrogens (tertiary/aromatic N) is 1. The molecule has 21 heavy (non-hydrogen) atoms. The third-order valence-corrected chi connectivity index (χ3v) is 2.62. The fraction of sp³-hybridized carbons (Fsp3) is 0.125. The number of pyridine rings is 1. The van der Waals surface area contributed by atoms with Crippen molar-refractivity contribution in [1.82, 2.24) is 4.98 Å². The van der Waals surface area contributed by atoms with E-state index in [9.17, 15) is 9.18 Å². The lowest BCUT2D eigenvalue weighted by molar-refractivity contribution is 0.102. The van der Waals surface area contributed by atoms with Crippen molar-refractivity contribution in [3.63, 3.8) is 0 Å². The summed E-state index contributed by atoms with van der Waals surface area (Å²) in [6.07, 6.45) is 1.49. The molecule has 2 rings (SSSR count). The van der Waals surface area contributed by atoms with Crippen molar-refractivity contribution < 1.29 is 14.3 Å². The van der Waals surface area contributed by atoms with Crippen molar-refractivity contribution in [1.29, 1.82) is 0 Å². The number of aromatic nitrogens is 1. The van der Waals surface area contributed by atoms with E-state index in [0.29, 0.717) is 16.9 Å². The summed E-state index contributed by atoms with van der Waals surface area (Å²) in [5.74, 6) is 4.62. The highest BCUT2D eigenvalue weighted by atomic mass is 19.1. The molecule has 1 aromatic carbocycles. The normalized spacial score (nSPS) is 9.67. The van der Waals surface area contributed by atoms with Gasteiger partial charge < -0.3 is 10.4 Å². The van der Waals surface area contributed by atoms with Crippen LogP contribution in [0.25, 0.3) is 0 Å². The standard InChI is InChI=1S/C16H13FN2O2/c1-11-7-13(10-14(17)8-11)16(21)19-15-9-12(3-2-6-20)4-5-18-15/h4-5,7-10,20H,6H2,1H3,(H,18,19,21). The molecule has 0 aliphatic heterocycles. The van der Waals surface area contributed by atoms with E-state index in [1.54, 1.807) is 25.1 Å². The van der Waals surface area contributed by atoms with Gasteiger partial charge in [0, 0.05) is 17.3 Å². The Morgan fingerprint density at radius 2 is 2.19 bits per heavy atom. The number of hydrogen-bond donors (Lipinski definition) is 2. The molecule has 0 fully saturated rings. The predicted octanol–water partition coefficient (Wildman–Crippen LogP) is 2.13. The van der Waals surface area contributed by atoms with Crippen LogP contribution in [0.3, 0.4) is 0 Å². The van der Waals surface area contributed by atoms with Crippen molar-refractivity contribution in [2.45, 2.75) is 6.92 Å². The molecule has 0 aliphatic rings. The SMILES string of the molecule is Cc1cc(F)cc(C(=O)Nc2cc(C#CCO)ccn2)c1. The Labute approximate surface area is 121 Å². The molecular formula is C16H13FN2O2. The second kappa shape index (κ2) is 6.64. The summed E-state index contributed by atoms with van der Waals surface area (Å²) in [6.45, 7) is 1.47. The molecule has 1 amide bonds. The summed E-state index contributed by atoms with van der Waals surface area (Å²) in [5, 5.41) is 11.2. The molecule has 1 aromatic heterocycles. The molecule has 5 heteroatoms. The summed E-state index contributed by atoms with van der Waals surface area (Å²) < 4.78 is 13.3. The van der Waals surface area contributed by atoms with Crippen LogP contribution in [0.1, 0.15) is 21.5 Å². The van der Waals surface area contributed by atoms with Gasteiger partial charge in [0.15, 0.2) is 0 Å². The highest BCUT2D eigenvalue weighted by Gasteiger charge is 2.09. The summed E-state index contributed by atoms with van der Waals surface area (Å²) in [7, 11) is 0. The number of hydrogen-bond acceptors (Lipinski definition) is 3. The van der Waals surface area contributed by atoms with Gasteiger partial charge in [-0.1, -0.05) is 11.8 Å². The van der Waals surface area contributed by atoms with Crippen molar-refractivity contribution in [3.05, 3.63) is 59.0 Å².